The highest BCUT2D eigenvalue weighted by molar-refractivity contribution is 5.82. The summed E-state index contributed by atoms with van der Waals surface area (Å²) >= 11 is 0. The molecule has 18 heavy (non-hydrogen) atoms. The largest absolute Gasteiger partial charge is 0.375 e. The van der Waals surface area contributed by atoms with Gasteiger partial charge in [-0.05, 0) is 39.5 Å². The molecule has 1 heterocycles. The summed E-state index contributed by atoms with van der Waals surface area (Å²) < 4.78 is 11.5. The van der Waals surface area contributed by atoms with Gasteiger partial charge in [-0.1, -0.05) is 19.3 Å². The van der Waals surface area contributed by atoms with Gasteiger partial charge in [-0.25, -0.2) is 0 Å². The maximum absolute atomic E-state index is 12.0. The monoisotopic (exact) mass is 254 g/mol. The Kier molecular flexibility index (Phi) is 5.19. The van der Waals surface area contributed by atoms with Crippen LogP contribution in [0.1, 0.15) is 58.8 Å². The van der Waals surface area contributed by atoms with E-state index in [9.17, 15) is 4.79 Å². The summed E-state index contributed by atoms with van der Waals surface area (Å²) in [7, 11) is 0. The van der Waals surface area contributed by atoms with Gasteiger partial charge in [0.1, 0.15) is 6.61 Å². The Balaban J connectivity index is 1.71. The van der Waals surface area contributed by atoms with Gasteiger partial charge in [0.15, 0.2) is 5.78 Å². The molecule has 2 fully saturated rings. The number of rotatable bonds is 4. The van der Waals surface area contributed by atoms with Gasteiger partial charge >= 0.3 is 0 Å². The minimum atomic E-state index is 0.205. The number of ketones is 1. The highest BCUT2D eigenvalue weighted by Crippen LogP contribution is 2.26. The molecule has 3 heteroatoms. The van der Waals surface area contributed by atoms with Crippen molar-refractivity contribution in [2.45, 2.75) is 77.1 Å². The fourth-order valence-corrected chi connectivity index (χ4v) is 3.22. The van der Waals surface area contributed by atoms with Crippen molar-refractivity contribution >= 4 is 5.78 Å². The molecule has 104 valence electrons. The molecule has 1 saturated heterocycles. The Morgan fingerprint density at radius 3 is 2.33 bits per heavy atom. The molecule has 0 N–H and O–H groups in total. The van der Waals surface area contributed by atoms with E-state index in [1.807, 2.05) is 0 Å². The summed E-state index contributed by atoms with van der Waals surface area (Å²) in [6.45, 7) is 4.47. The third-order valence-electron chi connectivity index (χ3n) is 4.18. The maximum Gasteiger partial charge on any atom is 0.161 e. The summed E-state index contributed by atoms with van der Waals surface area (Å²) in [6, 6.07) is 0. The minimum absolute atomic E-state index is 0.205. The van der Waals surface area contributed by atoms with E-state index >= 15 is 0 Å². The van der Waals surface area contributed by atoms with Crippen molar-refractivity contribution < 1.29 is 14.3 Å². The summed E-state index contributed by atoms with van der Waals surface area (Å²) in [5.41, 5.74) is 0. The molecule has 0 aromatic carbocycles. The lowest BCUT2D eigenvalue weighted by atomic mass is 9.86. The summed E-state index contributed by atoms with van der Waals surface area (Å²) in [4.78, 5) is 12.0. The van der Waals surface area contributed by atoms with Gasteiger partial charge in [-0.2, -0.15) is 0 Å². The molecule has 0 aromatic heterocycles. The number of Topliss-reactive ketones (excluding diaryl/α,β-unsaturated/α-hetero) is 1. The molecule has 2 aliphatic rings. The van der Waals surface area contributed by atoms with Gasteiger partial charge in [-0.3, -0.25) is 4.79 Å². The molecule has 1 aliphatic heterocycles. The fourth-order valence-electron chi connectivity index (χ4n) is 3.22. The first-order valence-electron chi connectivity index (χ1n) is 7.45. The normalized spacial score (nSPS) is 34.4. The third kappa shape index (κ3) is 4.06. The minimum Gasteiger partial charge on any atom is -0.375 e. The highest BCUT2D eigenvalue weighted by Gasteiger charge is 2.27. The van der Waals surface area contributed by atoms with E-state index in [1.54, 1.807) is 0 Å². The van der Waals surface area contributed by atoms with Crippen LogP contribution < -0.4 is 0 Å². The van der Waals surface area contributed by atoms with Crippen LogP contribution in [0.25, 0.3) is 0 Å². The summed E-state index contributed by atoms with van der Waals surface area (Å²) in [5.74, 6) is 0.593. The van der Waals surface area contributed by atoms with E-state index in [4.69, 9.17) is 9.47 Å². The van der Waals surface area contributed by atoms with Gasteiger partial charge in [0.25, 0.3) is 0 Å². The van der Waals surface area contributed by atoms with Crippen LogP contribution in [-0.2, 0) is 14.3 Å². The summed E-state index contributed by atoms with van der Waals surface area (Å²) in [6.07, 6.45) is 8.41. The first kappa shape index (κ1) is 14.0. The quantitative estimate of drug-likeness (QED) is 0.773. The molecule has 2 rings (SSSR count). The van der Waals surface area contributed by atoms with Crippen molar-refractivity contribution in [3.63, 3.8) is 0 Å². The van der Waals surface area contributed by atoms with Crippen LogP contribution in [0, 0.1) is 5.92 Å². The Bertz CT molecular complexity index is 261. The Hall–Kier alpha value is -0.410. The second kappa shape index (κ2) is 6.67. The molecule has 0 amide bonds. The van der Waals surface area contributed by atoms with Crippen LogP contribution in [0.4, 0.5) is 0 Å². The molecule has 0 spiro atoms. The zero-order valence-electron chi connectivity index (χ0n) is 11.7. The lowest BCUT2D eigenvalue weighted by molar-refractivity contribution is -0.138. The molecule has 1 saturated carbocycles. The predicted octanol–water partition coefficient (Wildman–Crippen LogP) is 3.11. The number of hydrogen-bond acceptors (Lipinski definition) is 3. The van der Waals surface area contributed by atoms with Crippen molar-refractivity contribution in [2.75, 3.05) is 6.61 Å². The SMILES string of the molecule is CC1CC(OCC(=O)C2CCCCC2)CC(C)O1. The van der Waals surface area contributed by atoms with Gasteiger partial charge in [0, 0.05) is 5.92 Å². The second-order valence-corrected chi connectivity index (χ2v) is 5.96. The van der Waals surface area contributed by atoms with Gasteiger partial charge in [0.05, 0.1) is 18.3 Å². The lowest BCUT2D eigenvalue weighted by Gasteiger charge is -2.32. The fraction of sp³-hybridized carbons (Fsp3) is 0.933. The van der Waals surface area contributed by atoms with Gasteiger partial charge in [-0.15, -0.1) is 0 Å². The van der Waals surface area contributed by atoms with Gasteiger partial charge < -0.3 is 9.47 Å². The number of carbonyl (C=O) groups excluding carboxylic acids is 1. The number of carbonyl (C=O) groups is 1. The van der Waals surface area contributed by atoms with E-state index in [-0.39, 0.29) is 24.2 Å². The van der Waals surface area contributed by atoms with Gasteiger partial charge in [0.2, 0.25) is 0 Å². The molecule has 2 unspecified atom stereocenters. The Morgan fingerprint density at radius 1 is 1.11 bits per heavy atom. The van der Waals surface area contributed by atoms with Crippen LogP contribution >= 0.6 is 0 Å². The molecular formula is C15H26O3. The van der Waals surface area contributed by atoms with Crippen molar-refractivity contribution in [1.29, 1.82) is 0 Å². The first-order chi connectivity index (χ1) is 8.65. The standard InChI is InChI=1S/C15H26O3/c1-11-8-14(9-12(2)18-11)17-10-15(16)13-6-4-3-5-7-13/h11-14H,3-10H2,1-2H3. The van der Waals surface area contributed by atoms with Crippen LogP contribution in [0.2, 0.25) is 0 Å². The maximum atomic E-state index is 12.0. The van der Waals surface area contributed by atoms with Crippen LogP contribution in [-0.4, -0.2) is 30.7 Å². The van der Waals surface area contributed by atoms with Crippen LogP contribution in [0.15, 0.2) is 0 Å². The number of ether oxygens (including phenoxy) is 2. The molecule has 0 bridgehead atoms. The zero-order valence-corrected chi connectivity index (χ0v) is 11.7. The van der Waals surface area contributed by atoms with E-state index in [0.717, 1.165) is 25.7 Å². The summed E-state index contributed by atoms with van der Waals surface area (Å²) in [5, 5.41) is 0. The second-order valence-electron chi connectivity index (χ2n) is 5.96. The van der Waals surface area contributed by atoms with Crippen molar-refractivity contribution in [3.05, 3.63) is 0 Å². The van der Waals surface area contributed by atoms with Crippen LogP contribution in [0.3, 0.4) is 0 Å². The van der Waals surface area contributed by atoms with Crippen molar-refractivity contribution in [2.24, 2.45) is 5.92 Å². The average Bonchev–Trinajstić information content (AvgIpc) is 2.36. The van der Waals surface area contributed by atoms with E-state index < -0.39 is 0 Å². The van der Waals surface area contributed by atoms with E-state index in [0.29, 0.717) is 12.4 Å². The highest BCUT2D eigenvalue weighted by atomic mass is 16.5. The van der Waals surface area contributed by atoms with Crippen molar-refractivity contribution in [3.8, 4) is 0 Å². The molecule has 1 aliphatic carbocycles. The molecule has 0 aromatic rings. The Morgan fingerprint density at radius 2 is 1.72 bits per heavy atom. The molecule has 3 nitrogen and oxygen atoms in total. The van der Waals surface area contributed by atoms with Crippen molar-refractivity contribution in [1.82, 2.24) is 0 Å². The topological polar surface area (TPSA) is 35.5 Å². The third-order valence-corrected chi connectivity index (χ3v) is 4.18. The Labute approximate surface area is 110 Å². The molecule has 0 radical (unpaired) electrons. The average molecular weight is 254 g/mol. The molecular weight excluding hydrogens is 228 g/mol. The smallest absolute Gasteiger partial charge is 0.161 e. The van der Waals surface area contributed by atoms with E-state index in [2.05, 4.69) is 13.8 Å². The zero-order chi connectivity index (χ0) is 13.0. The first-order valence-corrected chi connectivity index (χ1v) is 7.45. The predicted molar refractivity (Wildman–Crippen MR) is 70.6 cm³/mol. The lowest BCUT2D eigenvalue weighted by Crippen LogP contribution is -2.35. The number of hydrogen-bond donors (Lipinski definition) is 0. The molecule has 2 atom stereocenters. The van der Waals surface area contributed by atoms with Crippen LogP contribution in [0.5, 0.6) is 0 Å². The van der Waals surface area contributed by atoms with E-state index in [1.165, 1.54) is 19.3 Å².